The van der Waals surface area contributed by atoms with Crippen LogP contribution < -0.4 is 0 Å². The Hall–Kier alpha value is -1.06. The summed E-state index contributed by atoms with van der Waals surface area (Å²) >= 11 is 5.79. The Bertz CT molecular complexity index is 326. The molecule has 1 unspecified atom stereocenters. The standard InChI is InChI=1S/C12H15ClO3/c1-2-16-12(15)11(13)10(14)8-9-6-4-3-5-7-9/h3-7,10-11,14H,2,8H2,1H3/t10-,11?/m1/s1. The van der Waals surface area contributed by atoms with Gasteiger partial charge in [-0.15, -0.1) is 11.6 Å². The van der Waals surface area contributed by atoms with E-state index in [4.69, 9.17) is 16.3 Å². The molecule has 0 aliphatic rings. The van der Waals surface area contributed by atoms with Gasteiger partial charge in [-0.05, 0) is 12.5 Å². The molecular weight excluding hydrogens is 228 g/mol. The number of rotatable bonds is 5. The molecule has 1 aromatic carbocycles. The maximum absolute atomic E-state index is 11.3. The lowest BCUT2D eigenvalue weighted by molar-refractivity contribution is -0.144. The first kappa shape index (κ1) is 13.0. The molecular formula is C12H15ClO3. The Morgan fingerprint density at radius 2 is 2.06 bits per heavy atom. The molecule has 0 fully saturated rings. The molecule has 0 aliphatic heterocycles. The Morgan fingerprint density at radius 1 is 1.44 bits per heavy atom. The molecule has 4 heteroatoms. The number of halogens is 1. The summed E-state index contributed by atoms with van der Waals surface area (Å²) in [6.45, 7) is 1.96. The quantitative estimate of drug-likeness (QED) is 0.632. The molecule has 0 saturated heterocycles. The van der Waals surface area contributed by atoms with Crippen molar-refractivity contribution in [1.82, 2.24) is 0 Å². The van der Waals surface area contributed by atoms with Crippen LogP contribution in [-0.4, -0.2) is 29.2 Å². The van der Waals surface area contributed by atoms with Crippen LogP contribution >= 0.6 is 11.6 Å². The van der Waals surface area contributed by atoms with Gasteiger partial charge < -0.3 is 9.84 Å². The van der Waals surface area contributed by atoms with E-state index >= 15 is 0 Å². The van der Waals surface area contributed by atoms with Gasteiger partial charge in [-0.2, -0.15) is 0 Å². The summed E-state index contributed by atoms with van der Waals surface area (Å²) in [5, 5.41) is 8.72. The van der Waals surface area contributed by atoms with Crippen molar-refractivity contribution >= 4 is 17.6 Å². The molecule has 1 N–H and O–H groups in total. The van der Waals surface area contributed by atoms with Gasteiger partial charge in [-0.25, -0.2) is 0 Å². The summed E-state index contributed by atoms with van der Waals surface area (Å²) < 4.78 is 4.73. The average molecular weight is 243 g/mol. The topological polar surface area (TPSA) is 46.5 Å². The highest BCUT2D eigenvalue weighted by molar-refractivity contribution is 6.30. The first-order valence-corrected chi connectivity index (χ1v) is 5.61. The molecule has 0 heterocycles. The molecule has 0 bridgehead atoms. The highest BCUT2D eigenvalue weighted by atomic mass is 35.5. The fraction of sp³-hybridized carbons (Fsp3) is 0.417. The van der Waals surface area contributed by atoms with E-state index in [9.17, 15) is 9.90 Å². The minimum Gasteiger partial charge on any atom is -0.465 e. The van der Waals surface area contributed by atoms with Gasteiger partial charge in [0.15, 0.2) is 5.38 Å². The summed E-state index contributed by atoms with van der Waals surface area (Å²) in [6, 6.07) is 9.38. The molecule has 2 atom stereocenters. The number of hydrogen-bond donors (Lipinski definition) is 1. The number of carbonyl (C=O) groups is 1. The van der Waals surface area contributed by atoms with Gasteiger partial charge in [0, 0.05) is 6.42 Å². The molecule has 0 saturated carbocycles. The van der Waals surface area contributed by atoms with Gasteiger partial charge in [-0.3, -0.25) is 4.79 Å². The lowest BCUT2D eigenvalue weighted by atomic mass is 10.1. The molecule has 0 amide bonds. The first-order chi connectivity index (χ1) is 7.65. The van der Waals surface area contributed by atoms with Gasteiger partial charge in [0.1, 0.15) is 0 Å². The maximum Gasteiger partial charge on any atom is 0.326 e. The zero-order chi connectivity index (χ0) is 12.0. The van der Waals surface area contributed by atoms with Crippen LogP contribution in [0.3, 0.4) is 0 Å². The second kappa shape index (κ2) is 6.51. The Balaban J connectivity index is 2.52. The number of aliphatic hydroxyl groups is 1. The van der Waals surface area contributed by atoms with Gasteiger partial charge >= 0.3 is 5.97 Å². The Kier molecular flexibility index (Phi) is 5.29. The fourth-order valence-corrected chi connectivity index (χ4v) is 1.49. The number of ether oxygens (including phenoxy) is 1. The smallest absolute Gasteiger partial charge is 0.326 e. The number of hydrogen-bond acceptors (Lipinski definition) is 3. The number of carbonyl (C=O) groups excluding carboxylic acids is 1. The van der Waals surface area contributed by atoms with E-state index in [1.807, 2.05) is 30.3 Å². The molecule has 88 valence electrons. The van der Waals surface area contributed by atoms with Crippen LogP contribution in [0.2, 0.25) is 0 Å². The largest absolute Gasteiger partial charge is 0.465 e. The van der Waals surface area contributed by atoms with Crippen LogP contribution in [0.5, 0.6) is 0 Å². The Labute approximate surface area is 100.0 Å². The number of aliphatic hydroxyl groups excluding tert-OH is 1. The van der Waals surface area contributed by atoms with Crippen molar-refractivity contribution in [2.75, 3.05) is 6.61 Å². The van der Waals surface area contributed by atoms with Gasteiger partial charge in [-0.1, -0.05) is 30.3 Å². The molecule has 0 spiro atoms. The van der Waals surface area contributed by atoms with Crippen molar-refractivity contribution in [3.63, 3.8) is 0 Å². The number of esters is 1. The average Bonchev–Trinajstić information content (AvgIpc) is 2.29. The van der Waals surface area contributed by atoms with Crippen LogP contribution in [0.15, 0.2) is 30.3 Å². The third kappa shape index (κ3) is 3.83. The van der Waals surface area contributed by atoms with E-state index in [-0.39, 0.29) is 6.61 Å². The third-order valence-electron chi connectivity index (χ3n) is 2.14. The lowest BCUT2D eigenvalue weighted by Crippen LogP contribution is -2.32. The zero-order valence-corrected chi connectivity index (χ0v) is 9.85. The SMILES string of the molecule is CCOC(=O)C(Cl)[C@H](O)Cc1ccccc1. The van der Waals surface area contributed by atoms with Crippen LogP contribution in [0.1, 0.15) is 12.5 Å². The number of alkyl halides is 1. The van der Waals surface area contributed by atoms with E-state index in [0.717, 1.165) is 5.56 Å². The van der Waals surface area contributed by atoms with Crippen molar-refractivity contribution in [3.05, 3.63) is 35.9 Å². The molecule has 0 aliphatic carbocycles. The van der Waals surface area contributed by atoms with Crippen LogP contribution in [0.25, 0.3) is 0 Å². The molecule has 1 rings (SSSR count). The molecule has 3 nitrogen and oxygen atoms in total. The first-order valence-electron chi connectivity index (χ1n) is 5.17. The molecule has 16 heavy (non-hydrogen) atoms. The fourth-order valence-electron chi connectivity index (χ4n) is 1.34. The summed E-state index contributed by atoms with van der Waals surface area (Å²) in [4.78, 5) is 11.3. The molecule has 0 aromatic heterocycles. The van der Waals surface area contributed by atoms with Crippen molar-refractivity contribution < 1.29 is 14.6 Å². The van der Waals surface area contributed by atoms with Crippen LogP contribution in [-0.2, 0) is 16.0 Å². The minimum atomic E-state index is -1.01. The summed E-state index contributed by atoms with van der Waals surface area (Å²) in [5.74, 6) is -0.576. The highest BCUT2D eigenvalue weighted by Crippen LogP contribution is 2.11. The van der Waals surface area contributed by atoms with Crippen LogP contribution in [0.4, 0.5) is 0 Å². The minimum absolute atomic E-state index is 0.264. The van der Waals surface area contributed by atoms with E-state index in [1.165, 1.54) is 0 Å². The van der Waals surface area contributed by atoms with Crippen LogP contribution in [0, 0.1) is 0 Å². The van der Waals surface area contributed by atoms with Crippen molar-refractivity contribution in [2.45, 2.75) is 24.8 Å². The normalized spacial score (nSPS) is 14.2. The van der Waals surface area contributed by atoms with E-state index < -0.39 is 17.5 Å². The summed E-state index contributed by atoms with van der Waals surface area (Å²) in [5.41, 5.74) is 0.935. The van der Waals surface area contributed by atoms with Crippen molar-refractivity contribution in [1.29, 1.82) is 0 Å². The lowest BCUT2D eigenvalue weighted by Gasteiger charge is -2.15. The van der Waals surface area contributed by atoms with E-state index in [2.05, 4.69) is 0 Å². The summed E-state index contributed by atoms with van der Waals surface area (Å²) in [7, 11) is 0. The predicted molar refractivity (Wildman–Crippen MR) is 62.4 cm³/mol. The highest BCUT2D eigenvalue weighted by Gasteiger charge is 2.25. The second-order valence-corrected chi connectivity index (χ2v) is 3.88. The third-order valence-corrected chi connectivity index (χ3v) is 2.61. The monoisotopic (exact) mass is 242 g/mol. The van der Waals surface area contributed by atoms with E-state index in [0.29, 0.717) is 6.42 Å². The van der Waals surface area contributed by atoms with Crippen molar-refractivity contribution in [2.24, 2.45) is 0 Å². The second-order valence-electron chi connectivity index (χ2n) is 3.41. The maximum atomic E-state index is 11.3. The van der Waals surface area contributed by atoms with Crippen molar-refractivity contribution in [3.8, 4) is 0 Å². The zero-order valence-electron chi connectivity index (χ0n) is 9.10. The van der Waals surface area contributed by atoms with Gasteiger partial charge in [0.2, 0.25) is 0 Å². The molecule has 0 radical (unpaired) electrons. The predicted octanol–water partition coefficient (Wildman–Crippen LogP) is 1.76. The Morgan fingerprint density at radius 3 is 2.62 bits per heavy atom. The number of benzene rings is 1. The van der Waals surface area contributed by atoms with Gasteiger partial charge in [0.25, 0.3) is 0 Å². The molecule has 1 aromatic rings. The van der Waals surface area contributed by atoms with Gasteiger partial charge in [0.05, 0.1) is 12.7 Å². The summed E-state index contributed by atoms with van der Waals surface area (Å²) in [6.07, 6.45) is -0.587. The van der Waals surface area contributed by atoms with E-state index in [1.54, 1.807) is 6.92 Å².